The molecule has 1 amide bonds. The van der Waals surface area contributed by atoms with E-state index >= 15 is 0 Å². The summed E-state index contributed by atoms with van der Waals surface area (Å²) in [5.41, 5.74) is 12.2. The molecule has 0 aliphatic rings. The van der Waals surface area contributed by atoms with E-state index in [1.165, 1.54) is 16.4 Å². The highest BCUT2D eigenvalue weighted by Gasteiger charge is 2.34. The molecule has 0 bridgehead atoms. The van der Waals surface area contributed by atoms with Gasteiger partial charge in [0.05, 0.1) is 17.5 Å². The van der Waals surface area contributed by atoms with Crippen LogP contribution in [0.5, 0.6) is 0 Å². The molecule has 10 heteroatoms. The van der Waals surface area contributed by atoms with Crippen molar-refractivity contribution in [3.63, 3.8) is 0 Å². The number of hydrogen-bond donors (Lipinski definition) is 4. The number of halogens is 1. The van der Waals surface area contributed by atoms with Crippen molar-refractivity contribution in [2.24, 2.45) is 5.73 Å². The normalized spacial score (nSPS) is 14.2. The Morgan fingerprint density at radius 2 is 1.75 bits per heavy atom. The van der Waals surface area contributed by atoms with Gasteiger partial charge in [0.15, 0.2) is 0 Å². The van der Waals surface area contributed by atoms with Gasteiger partial charge >= 0.3 is 0 Å². The Morgan fingerprint density at radius 3 is 2.28 bits per heavy atom. The fraction of sp³-hybridized carbons (Fsp3) is 0.500. The molecule has 0 fully saturated rings. The number of benzene rings is 2. The number of anilines is 1. The lowest BCUT2D eigenvalue weighted by Crippen LogP contribution is -2.53. The summed E-state index contributed by atoms with van der Waals surface area (Å²) in [6, 6.07) is 11.8. The summed E-state index contributed by atoms with van der Waals surface area (Å²) in [6.45, 7) is 7.20. The smallest absolute Gasteiger partial charge is 0.243 e. The number of primary amides is 1. The summed E-state index contributed by atoms with van der Waals surface area (Å²) < 4.78 is 28.1. The van der Waals surface area contributed by atoms with Crippen molar-refractivity contribution < 1.29 is 18.3 Å². The second kappa shape index (κ2) is 12.9. The highest BCUT2D eigenvalue weighted by molar-refractivity contribution is 7.89. The van der Waals surface area contributed by atoms with E-state index < -0.39 is 33.6 Å². The third kappa shape index (κ3) is 8.18. The number of aliphatic hydroxyl groups excluding tert-OH is 1. The summed E-state index contributed by atoms with van der Waals surface area (Å²) in [5.74, 6) is -0.475. The van der Waals surface area contributed by atoms with Crippen molar-refractivity contribution in [3.8, 4) is 0 Å². The molecule has 0 aliphatic heterocycles. The minimum Gasteiger partial charge on any atom is -0.399 e. The third-order valence-electron chi connectivity index (χ3n) is 6.16. The predicted octanol–water partition coefficient (Wildman–Crippen LogP) is 3.32. The zero-order valence-corrected chi connectivity index (χ0v) is 23.0. The van der Waals surface area contributed by atoms with Gasteiger partial charge in [-0.3, -0.25) is 4.79 Å². The second-order valence-corrected chi connectivity index (χ2v) is 12.3. The number of nitrogen functional groups attached to an aromatic ring is 1. The molecule has 0 heterocycles. The zero-order chi connectivity index (χ0) is 27.1. The van der Waals surface area contributed by atoms with Crippen LogP contribution >= 0.6 is 11.6 Å². The molecule has 2 aromatic rings. The number of amides is 1. The fourth-order valence-corrected chi connectivity index (χ4v) is 6.44. The number of nitrogens with one attached hydrogen (secondary N) is 1. The molecule has 0 unspecified atom stereocenters. The highest BCUT2D eigenvalue weighted by Crippen LogP contribution is 2.26. The molecule has 0 spiro atoms. The Morgan fingerprint density at radius 1 is 1.14 bits per heavy atom. The molecule has 8 nitrogen and oxygen atoms in total. The quantitative estimate of drug-likeness (QED) is 0.272. The number of carbonyl (C=O) groups excluding carboxylic acids is 1. The van der Waals surface area contributed by atoms with Crippen LogP contribution < -0.4 is 16.8 Å². The summed E-state index contributed by atoms with van der Waals surface area (Å²) in [4.78, 5) is 12.3. The topological polar surface area (TPSA) is 139 Å². The molecule has 6 N–H and O–H groups in total. The van der Waals surface area contributed by atoms with E-state index in [9.17, 15) is 18.3 Å². The molecule has 0 saturated carbocycles. The molecule has 2 aromatic carbocycles. The highest BCUT2D eigenvalue weighted by atomic mass is 35.5. The first-order valence-electron chi connectivity index (χ1n) is 12.1. The standard InChI is InChI=1S/C26H39ClN4O4S/c1-18(2)31(36(34,35)22-13-11-20(28)12-14-22)21(17-32)9-7-15-26(3,4)30-24(25(29)33)16-19-8-5-6-10-23(19)27/h5-6,8,10-14,18,21,24,30,32H,7,9,15-17,28H2,1-4H3,(H2,29,33)/t21-,24-/m0/s1. The monoisotopic (exact) mass is 538 g/mol. The van der Waals surface area contributed by atoms with Crippen LogP contribution in [0, 0.1) is 0 Å². The fourth-order valence-electron chi connectivity index (χ4n) is 4.39. The van der Waals surface area contributed by atoms with Crippen LogP contribution in [0.4, 0.5) is 5.69 Å². The minimum absolute atomic E-state index is 0.134. The van der Waals surface area contributed by atoms with Crippen molar-refractivity contribution >= 4 is 33.2 Å². The van der Waals surface area contributed by atoms with E-state index in [0.717, 1.165) is 5.56 Å². The molecular formula is C26H39ClN4O4S. The van der Waals surface area contributed by atoms with E-state index in [4.69, 9.17) is 23.1 Å². The number of sulfonamides is 1. The van der Waals surface area contributed by atoms with Crippen LogP contribution in [0.15, 0.2) is 53.4 Å². The van der Waals surface area contributed by atoms with Crippen LogP contribution in [-0.2, 0) is 21.2 Å². The first-order chi connectivity index (χ1) is 16.8. The number of hydrogen-bond acceptors (Lipinski definition) is 6. The third-order valence-corrected chi connectivity index (χ3v) is 8.68. The van der Waals surface area contributed by atoms with Crippen LogP contribution in [0.1, 0.15) is 52.5 Å². The van der Waals surface area contributed by atoms with Crippen LogP contribution in [0.2, 0.25) is 5.02 Å². The Kier molecular flexibility index (Phi) is 10.7. The first kappa shape index (κ1) is 30.1. The van der Waals surface area contributed by atoms with Gasteiger partial charge in [-0.1, -0.05) is 29.8 Å². The molecule has 2 atom stereocenters. The predicted molar refractivity (Wildman–Crippen MR) is 145 cm³/mol. The van der Waals surface area contributed by atoms with E-state index in [1.807, 2.05) is 32.0 Å². The van der Waals surface area contributed by atoms with E-state index in [0.29, 0.717) is 36.4 Å². The second-order valence-electron chi connectivity index (χ2n) is 10.0. The Labute approximate surface area is 220 Å². The molecule has 0 aliphatic carbocycles. The summed E-state index contributed by atoms with van der Waals surface area (Å²) in [5, 5.41) is 14.0. The molecule has 36 heavy (non-hydrogen) atoms. The Bertz CT molecular complexity index is 1110. The summed E-state index contributed by atoms with van der Waals surface area (Å²) in [6.07, 6.45) is 2.05. The zero-order valence-electron chi connectivity index (χ0n) is 21.4. The number of nitrogens with two attached hydrogens (primary N) is 2. The van der Waals surface area contributed by atoms with Crippen molar-refractivity contribution in [1.82, 2.24) is 9.62 Å². The van der Waals surface area contributed by atoms with Gasteiger partial charge in [-0.25, -0.2) is 8.42 Å². The van der Waals surface area contributed by atoms with Crippen molar-refractivity contribution in [2.45, 2.75) is 81.9 Å². The molecule has 2 rings (SSSR count). The van der Waals surface area contributed by atoms with E-state index in [2.05, 4.69) is 5.32 Å². The van der Waals surface area contributed by atoms with E-state index in [-0.39, 0.29) is 17.5 Å². The SMILES string of the molecule is CC(C)N([C@H](CO)CCCC(C)(C)N[C@@H](Cc1ccccc1Cl)C(N)=O)S(=O)(=O)c1ccc(N)cc1. The summed E-state index contributed by atoms with van der Waals surface area (Å²) >= 11 is 6.26. The average Bonchev–Trinajstić information content (AvgIpc) is 2.78. The summed E-state index contributed by atoms with van der Waals surface area (Å²) in [7, 11) is -3.83. The van der Waals surface area contributed by atoms with Gasteiger partial charge in [0.2, 0.25) is 15.9 Å². The molecule has 200 valence electrons. The molecular weight excluding hydrogens is 500 g/mol. The van der Waals surface area contributed by atoms with Gasteiger partial charge in [0.25, 0.3) is 0 Å². The van der Waals surface area contributed by atoms with E-state index in [1.54, 1.807) is 32.0 Å². The average molecular weight is 539 g/mol. The van der Waals surface area contributed by atoms with Crippen LogP contribution in [0.25, 0.3) is 0 Å². The largest absolute Gasteiger partial charge is 0.399 e. The van der Waals surface area contributed by atoms with Crippen LogP contribution in [0.3, 0.4) is 0 Å². The first-order valence-corrected chi connectivity index (χ1v) is 13.9. The van der Waals surface area contributed by atoms with Crippen LogP contribution in [-0.4, -0.2) is 54.0 Å². The number of rotatable bonds is 14. The lowest BCUT2D eigenvalue weighted by molar-refractivity contribution is -0.120. The molecule has 0 radical (unpaired) electrons. The maximum absolute atomic E-state index is 13.4. The lowest BCUT2D eigenvalue weighted by Gasteiger charge is -2.35. The maximum atomic E-state index is 13.4. The Hall–Kier alpha value is -2.17. The van der Waals surface area contributed by atoms with Crippen molar-refractivity contribution in [1.29, 1.82) is 0 Å². The van der Waals surface area contributed by atoms with Gasteiger partial charge in [0, 0.05) is 28.3 Å². The molecule has 0 aromatic heterocycles. The van der Waals surface area contributed by atoms with Gasteiger partial charge in [0.1, 0.15) is 0 Å². The van der Waals surface area contributed by atoms with Gasteiger partial charge < -0.3 is 21.9 Å². The minimum atomic E-state index is -3.83. The number of nitrogens with zero attached hydrogens (tertiary/aromatic N) is 1. The van der Waals surface area contributed by atoms with Gasteiger partial charge in [-0.15, -0.1) is 0 Å². The maximum Gasteiger partial charge on any atom is 0.243 e. The Balaban J connectivity index is 2.09. The van der Waals surface area contributed by atoms with Crippen molar-refractivity contribution in [3.05, 3.63) is 59.1 Å². The number of aliphatic hydroxyl groups is 1. The van der Waals surface area contributed by atoms with Gasteiger partial charge in [-0.2, -0.15) is 4.31 Å². The number of carbonyl (C=O) groups is 1. The lowest BCUT2D eigenvalue weighted by atomic mass is 9.93. The molecule has 0 saturated heterocycles. The van der Waals surface area contributed by atoms with Gasteiger partial charge in [-0.05, 0) is 89.3 Å². The van der Waals surface area contributed by atoms with Crippen molar-refractivity contribution in [2.75, 3.05) is 12.3 Å².